The van der Waals surface area contributed by atoms with E-state index in [0.29, 0.717) is 12.2 Å². The van der Waals surface area contributed by atoms with Crippen LogP contribution in [0.15, 0.2) is 35.3 Å². The molecule has 7 nitrogen and oxygen atoms in total. The Morgan fingerprint density at radius 2 is 2.00 bits per heavy atom. The van der Waals surface area contributed by atoms with Crippen molar-refractivity contribution in [3.63, 3.8) is 0 Å². The van der Waals surface area contributed by atoms with Crippen LogP contribution in [0.2, 0.25) is 0 Å². The zero-order valence-corrected chi connectivity index (χ0v) is 13.7. The van der Waals surface area contributed by atoms with Crippen LogP contribution in [0.3, 0.4) is 0 Å². The molecular formula is C17H21N5O2. The molecule has 24 heavy (non-hydrogen) atoms. The smallest absolute Gasteiger partial charge is 0.276 e. The van der Waals surface area contributed by atoms with E-state index in [0.717, 1.165) is 25.3 Å². The topological polar surface area (TPSA) is 80.1 Å². The lowest BCUT2D eigenvalue weighted by atomic mass is 10.3. The molecule has 1 aliphatic heterocycles. The fourth-order valence-corrected chi connectivity index (χ4v) is 2.73. The van der Waals surface area contributed by atoms with E-state index in [1.165, 1.54) is 29.7 Å². The molecular weight excluding hydrogens is 306 g/mol. The summed E-state index contributed by atoms with van der Waals surface area (Å²) < 4.78 is 1.31. The maximum absolute atomic E-state index is 12.3. The summed E-state index contributed by atoms with van der Waals surface area (Å²) in [6.07, 6.45) is 4.81. The quantitative estimate of drug-likeness (QED) is 0.907. The van der Waals surface area contributed by atoms with Crippen molar-refractivity contribution >= 4 is 17.4 Å². The molecule has 1 saturated heterocycles. The van der Waals surface area contributed by atoms with Gasteiger partial charge in [0.25, 0.3) is 11.5 Å². The number of aromatic nitrogens is 3. The van der Waals surface area contributed by atoms with Gasteiger partial charge in [0.1, 0.15) is 11.5 Å². The van der Waals surface area contributed by atoms with E-state index < -0.39 is 0 Å². The molecule has 7 heteroatoms. The van der Waals surface area contributed by atoms with Crippen molar-refractivity contribution in [2.45, 2.75) is 32.7 Å². The molecule has 0 radical (unpaired) electrons. The minimum Gasteiger partial charge on any atom is -0.357 e. The minimum absolute atomic E-state index is 0.204. The summed E-state index contributed by atoms with van der Waals surface area (Å²) in [5.74, 6) is 0.579. The van der Waals surface area contributed by atoms with Crippen LogP contribution in [0.5, 0.6) is 0 Å². The molecule has 0 aliphatic carbocycles. The second kappa shape index (κ2) is 7.25. The molecule has 2 aromatic heterocycles. The van der Waals surface area contributed by atoms with Gasteiger partial charge in [-0.05, 0) is 37.5 Å². The first-order chi connectivity index (χ1) is 11.7. The van der Waals surface area contributed by atoms with Crippen LogP contribution in [0.4, 0.5) is 11.5 Å². The van der Waals surface area contributed by atoms with Gasteiger partial charge < -0.3 is 10.2 Å². The molecule has 1 aliphatic rings. The third-order valence-electron chi connectivity index (χ3n) is 3.97. The van der Waals surface area contributed by atoms with E-state index in [2.05, 4.69) is 20.3 Å². The molecule has 0 bridgehead atoms. The molecule has 1 amide bonds. The Balaban J connectivity index is 1.70. The van der Waals surface area contributed by atoms with Crippen molar-refractivity contribution in [1.29, 1.82) is 0 Å². The first-order valence-corrected chi connectivity index (χ1v) is 8.28. The van der Waals surface area contributed by atoms with Gasteiger partial charge in [0, 0.05) is 25.7 Å². The predicted molar refractivity (Wildman–Crippen MR) is 92.4 cm³/mol. The predicted octanol–water partition coefficient (Wildman–Crippen LogP) is 1.90. The summed E-state index contributed by atoms with van der Waals surface area (Å²) in [6, 6.07) is 6.55. The van der Waals surface area contributed by atoms with Crippen LogP contribution in [-0.4, -0.2) is 33.8 Å². The average Bonchev–Trinajstić information content (AvgIpc) is 3.12. The summed E-state index contributed by atoms with van der Waals surface area (Å²) in [5.41, 5.74) is 0.620. The monoisotopic (exact) mass is 327 g/mol. The number of nitrogens with one attached hydrogen (secondary N) is 1. The second-order valence-corrected chi connectivity index (χ2v) is 5.83. The molecule has 2 aromatic rings. The van der Waals surface area contributed by atoms with Gasteiger partial charge in [-0.15, -0.1) is 0 Å². The zero-order chi connectivity index (χ0) is 16.9. The highest BCUT2D eigenvalue weighted by Crippen LogP contribution is 2.19. The van der Waals surface area contributed by atoms with Crippen molar-refractivity contribution in [3.05, 3.63) is 46.5 Å². The van der Waals surface area contributed by atoms with Gasteiger partial charge in [-0.1, -0.05) is 6.92 Å². The molecule has 0 saturated carbocycles. The Labute approximate surface area is 140 Å². The van der Waals surface area contributed by atoms with E-state index in [1.54, 1.807) is 6.20 Å². The molecule has 3 heterocycles. The summed E-state index contributed by atoms with van der Waals surface area (Å²) >= 11 is 0. The number of carbonyl (C=O) groups excluding carboxylic acids is 1. The van der Waals surface area contributed by atoms with E-state index in [-0.39, 0.29) is 17.2 Å². The number of hydrogen-bond donors (Lipinski definition) is 1. The van der Waals surface area contributed by atoms with Gasteiger partial charge in [-0.3, -0.25) is 9.59 Å². The maximum Gasteiger partial charge on any atom is 0.276 e. The molecule has 1 N–H and O–H groups in total. The highest BCUT2D eigenvalue weighted by molar-refractivity contribution is 6.02. The molecule has 0 spiro atoms. The number of pyridine rings is 1. The maximum atomic E-state index is 12.3. The fourth-order valence-electron chi connectivity index (χ4n) is 2.73. The number of anilines is 2. The number of carbonyl (C=O) groups is 1. The van der Waals surface area contributed by atoms with Crippen molar-refractivity contribution in [2.75, 3.05) is 23.3 Å². The van der Waals surface area contributed by atoms with Crippen molar-refractivity contribution in [1.82, 2.24) is 14.8 Å². The van der Waals surface area contributed by atoms with Crippen LogP contribution >= 0.6 is 0 Å². The van der Waals surface area contributed by atoms with E-state index in [9.17, 15) is 9.59 Å². The zero-order valence-electron chi connectivity index (χ0n) is 13.7. The van der Waals surface area contributed by atoms with Crippen LogP contribution in [0, 0.1) is 0 Å². The molecule has 126 valence electrons. The summed E-state index contributed by atoms with van der Waals surface area (Å²) in [6.45, 7) is 4.50. The Hall–Kier alpha value is -2.70. The highest BCUT2D eigenvalue weighted by atomic mass is 16.2. The van der Waals surface area contributed by atoms with Crippen LogP contribution in [0.1, 0.15) is 36.7 Å². The Morgan fingerprint density at radius 3 is 2.67 bits per heavy atom. The van der Waals surface area contributed by atoms with Gasteiger partial charge >= 0.3 is 0 Å². The molecule has 0 atom stereocenters. The number of hydrogen-bond acceptors (Lipinski definition) is 5. The molecule has 0 aromatic carbocycles. The fraction of sp³-hybridized carbons (Fsp3) is 0.412. The lowest BCUT2D eigenvalue weighted by Crippen LogP contribution is -2.26. The third kappa shape index (κ3) is 3.61. The second-order valence-electron chi connectivity index (χ2n) is 5.83. The minimum atomic E-state index is -0.351. The van der Waals surface area contributed by atoms with Crippen LogP contribution in [-0.2, 0) is 6.54 Å². The Bertz CT molecular complexity index is 763. The first kappa shape index (κ1) is 16.2. The average molecular weight is 327 g/mol. The third-order valence-corrected chi connectivity index (χ3v) is 3.97. The van der Waals surface area contributed by atoms with E-state index >= 15 is 0 Å². The van der Waals surface area contributed by atoms with Crippen molar-refractivity contribution in [2.24, 2.45) is 0 Å². The normalized spacial score (nSPS) is 14.0. The number of amides is 1. The Morgan fingerprint density at radius 1 is 1.21 bits per heavy atom. The van der Waals surface area contributed by atoms with Gasteiger partial charge in [0.15, 0.2) is 0 Å². The summed E-state index contributed by atoms with van der Waals surface area (Å²) in [5, 5.41) is 6.87. The summed E-state index contributed by atoms with van der Waals surface area (Å²) in [7, 11) is 0. The lowest BCUT2D eigenvalue weighted by molar-refractivity contribution is 0.101. The first-order valence-electron chi connectivity index (χ1n) is 8.28. The van der Waals surface area contributed by atoms with Crippen LogP contribution in [0.25, 0.3) is 0 Å². The van der Waals surface area contributed by atoms with Gasteiger partial charge in [0.2, 0.25) is 0 Å². The number of nitrogens with zero attached hydrogens (tertiary/aromatic N) is 4. The van der Waals surface area contributed by atoms with Crippen LogP contribution < -0.4 is 15.8 Å². The molecule has 0 unspecified atom stereocenters. The largest absolute Gasteiger partial charge is 0.357 e. The van der Waals surface area contributed by atoms with Gasteiger partial charge in [-0.2, -0.15) is 5.10 Å². The Kier molecular flexibility index (Phi) is 4.88. The lowest BCUT2D eigenvalue weighted by Gasteiger charge is -2.16. The summed E-state index contributed by atoms with van der Waals surface area (Å²) in [4.78, 5) is 30.6. The van der Waals surface area contributed by atoms with Gasteiger partial charge in [-0.25, -0.2) is 9.67 Å². The SMILES string of the molecule is CCCn1nc(C(=O)Nc2ccc(N3CCCC3)nc2)ccc1=O. The molecule has 1 fully saturated rings. The highest BCUT2D eigenvalue weighted by Gasteiger charge is 2.14. The van der Waals surface area contributed by atoms with Gasteiger partial charge in [0.05, 0.1) is 11.9 Å². The van der Waals surface area contributed by atoms with E-state index in [4.69, 9.17) is 0 Å². The standard InChI is InChI=1S/C17H21N5O2/c1-2-9-22-16(23)8-6-14(20-22)17(24)19-13-5-7-15(18-12-13)21-10-3-4-11-21/h5-8,12H,2-4,9-11H2,1H3,(H,19,24). The van der Waals surface area contributed by atoms with Crippen molar-refractivity contribution < 1.29 is 4.79 Å². The number of aryl methyl sites for hydroxylation is 1. The molecule has 3 rings (SSSR count). The number of rotatable bonds is 5. The van der Waals surface area contributed by atoms with E-state index in [1.807, 2.05) is 19.1 Å². The van der Waals surface area contributed by atoms with Crippen molar-refractivity contribution in [3.8, 4) is 0 Å².